The number of rotatable bonds is 2. The summed E-state index contributed by atoms with van der Waals surface area (Å²) in [7, 11) is 0. The molecule has 2 atom stereocenters. The summed E-state index contributed by atoms with van der Waals surface area (Å²) in [5.74, 6) is 0. The fourth-order valence-corrected chi connectivity index (χ4v) is 4.04. The molecule has 2 aromatic heterocycles. The molecule has 1 saturated heterocycles. The van der Waals surface area contributed by atoms with Crippen molar-refractivity contribution >= 4 is 21.4 Å². The van der Waals surface area contributed by atoms with Crippen molar-refractivity contribution in [3.8, 4) is 0 Å². The van der Waals surface area contributed by atoms with Crippen LogP contribution in [-0.2, 0) is 10.2 Å². The number of nitrogens with zero attached hydrogens (tertiary/aromatic N) is 4. The van der Waals surface area contributed by atoms with Gasteiger partial charge in [0.2, 0.25) is 10.1 Å². The number of hydrogen-bond donors (Lipinski definition) is 0. The van der Waals surface area contributed by atoms with Gasteiger partial charge in [0.1, 0.15) is 6.10 Å². The van der Waals surface area contributed by atoms with Crippen LogP contribution in [0.1, 0.15) is 45.1 Å². The third-order valence-electron chi connectivity index (χ3n) is 4.50. The maximum Gasteiger partial charge on any atom is 0.214 e. The Kier molecular flexibility index (Phi) is 4.04. The minimum atomic E-state index is 0.0411. The zero-order chi connectivity index (χ0) is 17.6. The molecule has 5 nitrogen and oxygen atoms in total. The number of aromatic nitrogens is 3. The van der Waals surface area contributed by atoms with Gasteiger partial charge in [0, 0.05) is 12.0 Å². The zero-order valence-corrected chi connectivity index (χ0v) is 16.0. The highest BCUT2D eigenvalue weighted by atomic mass is 32.1. The van der Waals surface area contributed by atoms with Gasteiger partial charge in [0.05, 0.1) is 24.5 Å². The molecule has 3 heterocycles. The first-order valence-electron chi connectivity index (χ1n) is 8.72. The van der Waals surface area contributed by atoms with Gasteiger partial charge >= 0.3 is 0 Å². The molecule has 2 unspecified atom stereocenters. The first-order chi connectivity index (χ1) is 11.9. The zero-order valence-electron chi connectivity index (χ0n) is 15.1. The van der Waals surface area contributed by atoms with E-state index in [1.54, 1.807) is 11.3 Å². The fourth-order valence-electron chi connectivity index (χ4n) is 3.14. The van der Waals surface area contributed by atoms with E-state index in [2.05, 4.69) is 56.9 Å². The van der Waals surface area contributed by atoms with Crippen LogP contribution < -0.4 is 4.90 Å². The van der Waals surface area contributed by atoms with E-state index in [0.29, 0.717) is 0 Å². The van der Waals surface area contributed by atoms with Crippen molar-refractivity contribution in [1.29, 1.82) is 0 Å². The number of anilines is 1. The molecule has 4 rings (SSSR count). The second-order valence-electron chi connectivity index (χ2n) is 7.74. The van der Waals surface area contributed by atoms with Crippen molar-refractivity contribution in [1.82, 2.24) is 14.6 Å². The molecular formula is C19H24N4OS. The molecule has 132 valence electrons. The highest BCUT2D eigenvalue weighted by Gasteiger charge is 2.29. The minimum absolute atomic E-state index is 0.0411. The number of benzene rings is 1. The lowest BCUT2D eigenvalue weighted by Crippen LogP contribution is -2.42. The summed E-state index contributed by atoms with van der Waals surface area (Å²) in [5, 5.41) is 5.79. The quantitative estimate of drug-likeness (QED) is 0.695. The summed E-state index contributed by atoms with van der Waals surface area (Å²) in [5.41, 5.74) is 2.34. The molecule has 0 radical (unpaired) electrons. The molecule has 3 aromatic rings. The van der Waals surface area contributed by atoms with Gasteiger partial charge in [-0.2, -0.15) is 0 Å². The Morgan fingerprint density at radius 3 is 2.60 bits per heavy atom. The van der Waals surface area contributed by atoms with E-state index in [0.717, 1.165) is 28.9 Å². The first kappa shape index (κ1) is 16.5. The molecule has 1 aliphatic rings. The fraction of sp³-hybridized carbons (Fsp3) is 0.474. The van der Waals surface area contributed by atoms with Crippen LogP contribution in [0.25, 0.3) is 4.96 Å². The molecule has 1 aromatic carbocycles. The van der Waals surface area contributed by atoms with Crippen LogP contribution in [0.2, 0.25) is 0 Å². The Hall–Kier alpha value is -1.92. The molecule has 0 N–H and O–H groups in total. The first-order valence-corrected chi connectivity index (χ1v) is 9.54. The lowest BCUT2D eigenvalue weighted by molar-refractivity contribution is -0.0174. The Bertz CT molecular complexity index is 833. The van der Waals surface area contributed by atoms with Crippen molar-refractivity contribution in [2.24, 2.45) is 0 Å². The Morgan fingerprint density at radius 1 is 1.16 bits per heavy atom. The van der Waals surface area contributed by atoms with E-state index in [1.165, 1.54) is 5.56 Å². The average molecular weight is 356 g/mol. The molecule has 6 heteroatoms. The number of fused-ring (bicyclic) bond motifs is 1. The molecule has 1 fully saturated rings. The van der Waals surface area contributed by atoms with Crippen LogP contribution in [-0.4, -0.2) is 33.8 Å². The van der Waals surface area contributed by atoms with Gasteiger partial charge in [-0.25, -0.2) is 9.50 Å². The SMILES string of the molecule is CC1CN(c2nn3cc(C(C)(C)C)nc3s2)CC(c2ccccc2)O1. The molecule has 0 amide bonds. The van der Waals surface area contributed by atoms with Crippen molar-refractivity contribution in [3.63, 3.8) is 0 Å². The summed E-state index contributed by atoms with van der Waals surface area (Å²) in [6, 6.07) is 10.4. The Labute approximate surface area is 152 Å². The predicted molar refractivity (Wildman–Crippen MR) is 102 cm³/mol. The van der Waals surface area contributed by atoms with Gasteiger partial charge < -0.3 is 9.64 Å². The second kappa shape index (κ2) is 6.11. The smallest absolute Gasteiger partial charge is 0.214 e. The summed E-state index contributed by atoms with van der Waals surface area (Å²) in [4.78, 5) is 8.03. The Balaban J connectivity index is 1.60. The monoisotopic (exact) mass is 356 g/mol. The van der Waals surface area contributed by atoms with E-state index in [9.17, 15) is 0 Å². The van der Waals surface area contributed by atoms with Crippen LogP contribution in [0.5, 0.6) is 0 Å². The van der Waals surface area contributed by atoms with Crippen LogP contribution >= 0.6 is 11.3 Å². The van der Waals surface area contributed by atoms with E-state index in [-0.39, 0.29) is 17.6 Å². The summed E-state index contributed by atoms with van der Waals surface area (Å²) < 4.78 is 8.07. The molecule has 0 aliphatic carbocycles. The van der Waals surface area contributed by atoms with Gasteiger partial charge in [-0.05, 0) is 12.5 Å². The maximum absolute atomic E-state index is 6.16. The van der Waals surface area contributed by atoms with E-state index in [4.69, 9.17) is 14.8 Å². The lowest BCUT2D eigenvalue weighted by Gasteiger charge is -2.36. The molecule has 0 spiro atoms. The highest BCUT2D eigenvalue weighted by molar-refractivity contribution is 7.20. The summed E-state index contributed by atoms with van der Waals surface area (Å²) in [6.07, 6.45) is 2.29. The third-order valence-corrected chi connectivity index (χ3v) is 5.49. The lowest BCUT2D eigenvalue weighted by atomic mass is 9.93. The molecular weight excluding hydrogens is 332 g/mol. The van der Waals surface area contributed by atoms with E-state index >= 15 is 0 Å². The predicted octanol–water partition coefficient (Wildman–Crippen LogP) is 4.05. The number of morpholine rings is 1. The van der Waals surface area contributed by atoms with Crippen molar-refractivity contribution in [3.05, 3.63) is 47.8 Å². The molecule has 0 bridgehead atoms. The van der Waals surface area contributed by atoms with Crippen molar-refractivity contribution in [2.45, 2.75) is 45.3 Å². The van der Waals surface area contributed by atoms with Gasteiger partial charge in [0.25, 0.3) is 0 Å². The number of ether oxygens (including phenoxy) is 1. The van der Waals surface area contributed by atoms with Gasteiger partial charge in [-0.3, -0.25) is 0 Å². The highest BCUT2D eigenvalue weighted by Crippen LogP contribution is 2.32. The van der Waals surface area contributed by atoms with E-state index < -0.39 is 0 Å². The van der Waals surface area contributed by atoms with Crippen molar-refractivity contribution in [2.75, 3.05) is 18.0 Å². The van der Waals surface area contributed by atoms with Gasteiger partial charge in [-0.15, -0.1) is 5.10 Å². The minimum Gasteiger partial charge on any atom is -0.367 e. The van der Waals surface area contributed by atoms with Crippen LogP contribution in [0.3, 0.4) is 0 Å². The van der Waals surface area contributed by atoms with Crippen LogP contribution in [0, 0.1) is 0 Å². The largest absolute Gasteiger partial charge is 0.367 e. The summed E-state index contributed by atoms with van der Waals surface area (Å²) >= 11 is 1.65. The topological polar surface area (TPSA) is 42.7 Å². The maximum atomic E-state index is 6.16. The standard InChI is InChI=1S/C19H24N4OS/c1-13-10-22(11-15(24-13)14-8-6-5-7-9-14)18-21-23-12-16(19(2,3)4)20-17(23)25-18/h5-9,12-13,15H,10-11H2,1-4H3. The van der Waals surface area contributed by atoms with Crippen LogP contribution in [0.15, 0.2) is 36.5 Å². The number of hydrogen-bond acceptors (Lipinski definition) is 5. The Morgan fingerprint density at radius 2 is 1.92 bits per heavy atom. The van der Waals surface area contributed by atoms with Crippen LogP contribution in [0.4, 0.5) is 5.13 Å². The van der Waals surface area contributed by atoms with Gasteiger partial charge in [0.15, 0.2) is 0 Å². The molecule has 25 heavy (non-hydrogen) atoms. The molecule has 1 aliphatic heterocycles. The third kappa shape index (κ3) is 3.28. The normalized spacial score (nSPS) is 21.8. The summed E-state index contributed by atoms with van der Waals surface area (Å²) in [6.45, 7) is 10.3. The van der Waals surface area contributed by atoms with Gasteiger partial charge in [-0.1, -0.05) is 62.4 Å². The average Bonchev–Trinajstić information content (AvgIpc) is 3.13. The molecule has 0 saturated carbocycles. The number of imidazole rings is 1. The van der Waals surface area contributed by atoms with Crippen molar-refractivity contribution < 1.29 is 4.74 Å². The second-order valence-corrected chi connectivity index (χ2v) is 8.67. The van der Waals surface area contributed by atoms with E-state index in [1.807, 2.05) is 16.8 Å².